The van der Waals surface area contributed by atoms with Crippen LogP contribution >= 0.6 is 0 Å². The summed E-state index contributed by atoms with van der Waals surface area (Å²) in [7, 11) is 3.24. The average Bonchev–Trinajstić information content (AvgIpc) is 3.17. The first-order chi connectivity index (χ1) is 13.2. The molecule has 0 aliphatic heterocycles. The molecule has 0 aliphatic carbocycles. The minimum Gasteiger partial charge on any atom is -0.497 e. The molecule has 1 amide bonds. The normalized spacial score (nSPS) is 10.5. The molecule has 6 heteroatoms. The lowest BCUT2D eigenvalue weighted by molar-refractivity contribution is 0.0946. The van der Waals surface area contributed by atoms with Gasteiger partial charge in [0.25, 0.3) is 5.91 Å². The standard InChI is InChI=1S/C21H23N3O3/c1-4-12-22-21(25)20-14-19(15-6-5-7-18(13-15)27-3)23-24(20)16-8-10-17(26-2)11-9-16/h5-11,13-14H,4,12H2,1-3H3,(H,22,25). The number of amides is 1. The van der Waals surface area contributed by atoms with Gasteiger partial charge in [0, 0.05) is 12.1 Å². The Labute approximate surface area is 158 Å². The molecule has 1 heterocycles. The highest BCUT2D eigenvalue weighted by Gasteiger charge is 2.17. The van der Waals surface area contributed by atoms with E-state index in [-0.39, 0.29) is 5.91 Å². The smallest absolute Gasteiger partial charge is 0.270 e. The van der Waals surface area contributed by atoms with Crippen molar-refractivity contribution >= 4 is 5.91 Å². The van der Waals surface area contributed by atoms with Gasteiger partial charge in [0.15, 0.2) is 0 Å². The summed E-state index contributed by atoms with van der Waals surface area (Å²) >= 11 is 0. The van der Waals surface area contributed by atoms with Gasteiger partial charge in [0.05, 0.1) is 25.6 Å². The molecule has 0 saturated carbocycles. The molecule has 0 spiro atoms. The van der Waals surface area contributed by atoms with Crippen LogP contribution in [0.1, 0.15) is 23.8 Å². The van der Waals surface area contributed by atoms with Gasteiger partial charge in [-0.1, -0.05) is 19.1 Å². The van der Waals surface area contributed by atoms with E-state index in [1.54, 1.807) is 25.0 Å². The molecular formula is C21H23N3O3. The predicted molar refractivity (Wildman–Crippen MR) is 105 cm³/mol. The van der Waals surface area contributed by atoms with Crippen molar-refractivity contribution in [2.24, 2.45) is 0 Å². The first-order valence-corrected chi connectivity index (χ1v) is 8.83. The number of carbonyl (C=O) groups excluding carboxylic acids is 1. The highest BCUT2D eigenvalue weighted by atomic mass is 16.5. The second-order valence-electron chi connectivity index (χ2n) is 6.01. The molecule has 6 nitrogen and oxygen atoms in total. The van der Waals surface area contributed by atoms with Gasteiger partial charge in [0.1, 0.15) is 17.2 Å². The van der Waals surface area contributed by atoms with E-state index in [9.17, 15) is 4.79 Å². The molecule has 3 rings (SSSR count). The zero-order valence-electron chi connectivity index (χ0n) is 15.7. The lowest BCUT2D eigenvalue weighted by atomic mass is 10.1. The van der Waals surface area contributed by atoms with E-state index in [2.05, 4.69) is 10.4 Å². The van der Waals surface area contributed by atoms with E-state index in [4.69, 9.17) is 9.47 Å². The van der Waals surface area contributed by atoms with Gasteiger partial charge in [-0.15, -0.1) is 0 Å². The third-order valence-corrected chi connectivity index (χ3v) is 4.16. The summed E-state index contributed by atoms with van der Waals surface area (Å²) < 4.78 is 12.2. The van der Waals surface area contributed by atoms with Crippen molar-refractivity contribution in [3.05, 3.63) is 60.3 Å². The van der Waals surface area contributed by atoms with Crippen LogP contribution in [-0.2, 0) is 0 Å². The van der Waals surface area contributed by atoms with Crippen LogP contribution in [0.3, 0.4) is 0 Å². The Morgan fingerprint density at radius 1 is 1.04 bits per heavy atom. The minimum atomic E-state index is -0.158. The maximum Gasteiger partial charge on any atom is 0.270 e. The summed E-state index contributed by atoms with van der Waals surface area (Å²) in [5.41, 5.74) is 2.84. The van der Waals surface area contributed by atoms with Gasteiger partial charge >= 0.3 is 0 Å². The van der Waals surface area contributed by atoms with E-state index < -0.39 is 0 Å². The number of benzene rings is 2. The van der Waals surface area contributed by atoms with E-state index in [1.807, 2.05) is 55.5 Å². The van der Waals surface area contributed by atoms with Gasteiger partial charge in [0.2, 0.25) is 0 Å². The maximum absolute atomic E-state index is 12.7. The highest BCUT2D eigenvalue weighted by molar-refractivity contribution is 5.94. The molecule has 0 bridgehead atoms. The highest BCUT2D eigenvalue weighted by Crippen LogP contribution is 2.25. The fraction of sp³-hybridized carbons (Fsp3) is 0.238. The number of hydrogen-bond acceptors (Lipinski definition) is 4. The molecule has 0 fully saturated rings. The number of nitrogens with one attached hydrogen (secondary N) is 1. The lowest BCUT2D eigenvalue weighted by Crippen LogP contribution is -2.26. The summed E-state index contributed by atoms with van der Waals surface area (Å²) in [4.78, 5) is 12.7. The van der Waals surface area contributed by atoms with Gasteiger partial charge in [-0.3, -0.25) is 4.79 Å². The van der Waals surface area contributed by atoms with Crippen molar-refractivity contribution < 1.29 is 14.3 Å². The van der Waals surface area contributed by atoms with E-state index >= 15 is 0 Å². The second-order valence-corrected chi connectivity index (χ2v) is 6.01. The summed E-state index contributed by atoms with van der Waals surface area (Å²) in [5, 5.41) is 7.59. The Hall–Kier alpha value is -3.28. The van der Waals surface area contributed by atoms with E-state index in [1.165, 1.54) is 0 Å². The van der Waals surface area contributed by atoms with Crippen LogP contribution in [0, 0.1) is 0 Å². The van der Waals surface area contributed by atoms with Crippen LogP contribution in [0.5, 0.6) is 11.5 Å². The number of ether oxygens (including phenoxy) is 2. The Bertz CT molecular complexity index is 917. The quantitative estimate of drug-likeness (QED) is 0.693. The summed E-state index contributed by atoms with van der Waals surface area (Å²) in [6, 6.07) is 16.8. The molecule has 1 aromatic heterocycles. The Kier molecular flexibility index (Phi) is 5.76. The summed E-state index contributed by atoms with van der Waals surface area (Å²) in [6.07, 6.45) is 0.866. The fourth-order valence-corrected chi connectivity index (χ4v) is 2.72. The lowest BCUT2D eigenvalue weighted by Gasteiger charge is -2.08. The fourth-order valence-electron chi connectivity index (χ4n) is 2.72. The van der Waals surface area contributed by atoms with Crippen LogP contribution in [0.4, 0.5) is 0 Å². The van der Waals surface area contributed by atoms with Crippen molar-refractivity contribution in [2.45, 2.75) is 13.3 Å². The molecule has 0 atom stereocenters. The molecule has 1 N–H and O–H groups in total. The number of hydrogen-bond donors (Lipinski definition) is 1. The van der Waals surface area contributed by atoms with E-state index in [0.29, 0.717) is 17.9 Å². The van der Waals surface area contributed by atoms with Crippen molar-refractivity contribution in [3.8, 4) is 28.4 Å². The number of rotatable bonds is 7. The Morgan fingerprint density at radius 2 is 1.78 bits per heavy atom. The molecule has 0 saturated heterocycles. The van der Waals surface area contributed by atoms with Crippen molar-refractivity contribution in [2.75, 3.05) is 20.8 Å². The molecule has 0 radical (unpaired) electrons. The van der Waals surface area contributed by atoms with Crippen LogP contribution < -0.4 is 14.8 Å². The SMILES string of the molecule is CCCNC(=O)c1cc(-c2cccc(OC)c2)nn1-c1ccc(OC)cc1. The molecule has 0 aliphatic rings. The van der Waals surface area contributed by atoms with Crippen LogP contribution in [0.25, 0.3) is 16.9 Å². The van der Waals surface area contributed by atoms with Crippen LogP contribution in [-0.4, -0.2) is 36.5 Å². The number of methoxy groups -OCH3 is 2. The molecule has 0 unspecified atom stereocenters. The number of carbonyl (C=O) groups is 1. The van der Waals surface area contributed by atoms with Gasteiger partial charge in [-0.25, -0.2) is 4.68 Å². The first-order valence-electron chi connectivity index (χ1n) is 8.83. The van der Waals surface area contributed by atoms with Crippen molar-refractivity contribution in [1.82, 2.24) is 15.1 Å². The third-order valence-electron chi connectivity index (χ3n) is 4.16. The Morgan fingerprint density at radius 3 is 2.44 bits per heavy atom. The van der Waals surface area contributed by atoms with Gasteiger partial charge in [-0.2, -0.15) is 5.10 Å². The zero-order chi connectivity index (χ0) is 19.2. The zero-order valence-corrected chi connectivity index (χ0v) is 15.7. The topological polar surface area (TPSA) is 65.4 Å². The Balaban J connectivity index is 2.05. The van der Waals surface area contributed by atoms with Crippen molar-refractivity contribution in [1.29, 1.82) is 0 Å². The summed E-state index contributed by atoms with van der Waals surface area (Å²) in [5.74, 6) is 1.33. The van der Waals surface area contributed by atoms with Crippen LogP contribution in [0.15, 0.2) is 54.6 Å². The summed E-state index contributed by atoms with van der Waals surface area (Å²) in [6.45, 7) is 2.63. The third kappa shape index (κ3) is 4.11. The maximum atomic E-state index is 12.7. The second kappa shape index (κ2) is 8.40. The minimum absolute atomic E-state index is 0.158. The largest absolute Gasteiger partial charge is 0.497 e. The monoisotopic (exact) mass is 365 g/mol. The molecular weight excluding hydrogens is 342 g/mol. The molecule has 2 aromatic carbocycles. The number of aromatic nitrogens is 2. The molecule has 3 aromatic rings. The molecule has 140 valence electrons. The van der Waals surface area contributed by atoms with Crippen LogP contribution in [0.2, 0.25) is 0 Å². The predicted octanol–water partition coefficient (Wildman–Crippen LogP) is 3.70. The van der Waals surface area contributed by atoms with Gasteiger partial charge < -0.3 is 14.8 Å². The van der Waals surface area contributed by atoms with Gasteiger partial charge in [-0.05, 0) is 48.9 Å². The van der Waals surface area contributed by atoms with Crippen molar-refractivity contribution in [3.63, 3.8) is 0 Å². The first kappa shape index (κ1) is 18.5. The van der Waals surface area contributed by atoms with E-state index in [0.717, 1.165) is 29.2 Å². The number of nitrogens with zero attached hydrogens (tertiary/aromatic N) is 2. The average molecular weight is 365 g/mol. The molecule has 27 heavy (non-hydrogen) atoms.